The van der Waals surface area contributed by atoms with E-state index in [4.69, 9.17) is 4.74 Å². The number of nitrogens with one attached hydrogen (secondary N) is 1. The average molecular weight is 295 g/mol. The molecule has 0 fully saturated rings. The molecule has 112 valence electrons. The quantitative estimate of drug-likeness (QED) is 0.711. The van der Waals surface area contributed by atoms with E-state index >= 15 is 0 Å². The van der Waals surface area contributed by atoms with Gasteiger partial charge in [-0.05, 0) is 30.7 Å². The van der Waals surface area contributed by atoms with E-state index in [-0.39, 0.29) is 5.91 Å². The van der Waals surface area contributed by atoms with Crippen LogP contribution < -0.4 is 10.1 Å². The van der Waals surface area contributed by atoms with E-state index in [9.17, 15) is 4.79 Å². The van der Waals surface area contributed by atoms with Gasteiger partial charge in [-0.3, -0.25) is 4.79 Å². The molecule has 1 N–H and O–H groups in total. The summed E-state index contributed by atoms with van der Waals surface area (Å²) in [6.45, 7) is 0.519. The van der Waals surface area contributed by atoms with Gasteiger partial charge in [0.2, 0.25) is 5.91 Å². The minimum Gasteiger partial charge on any atom is -0.494 e. The Labute approximate surface area is 128 Å². The molecule has 0 spiro atoms. The highest BCUT2D eigenvalue weighted by atomic mass is 16.5. The average Bonchev–Trinajstić information content (AvgIpc) is 3.02. The van der Waals surface area contributed by atoms with Crippen LogP contribution >= 0.6 is 0 Å². The molecule has 2 aromatic heterocycles. The number of ether oxygens (including phenoxy) is 1. The predicted octanol–water partition coefficient (Wildman–Crippen LogP) is 3.13. The molecule has 0 atom stereocenters. The molecule has 0 radical (unpaired) electrons. The highest BCUT2D eigenvalue weighted by Crippen LogP contribution is 2.15. The maximum Gasteiger partial charge on any atom is 0.224 e. The predicted molar refractivity (Wildman–Crippen MR) is 85.0 cm³/mol. The van der Waals surface area contributed by atoms with Gasteiger partial charge in [-0.2, -0.15) is 0 Å². The lowest BCUT2D eigenvalue weighted by Crippen LogP contribution is -2.13. The van der Waals surface area contributed by atoms with Crippen molar-refractivity contribution in [3.8, 4) is 5.75 Å². The summed E-state index contributed by atoms with van der Waals surface area (Å²) in [6, 6.07) is 13.3. The van der Waals surface area contributed by atoms with Gasteiger partial charge in [-0.1, -0.05) is 18.2 Å². The number of aromatic nitrogens is 2. The second kappa shape index (κ2) is 6.76. The first-order valence-electron chi connectivity index (χ1n) is 7.22. The van der Waals surface area contributed by atoms with Crippen LogP contribution in [-0.2, 0) is 4.79 Å². The highest BCUT2D eigenvalue weighted by molar-refractivity contribution is 5.94. The van der Waals surface area contributed by atoms with E-state index in [1.807, 2.05) is 59.3 Å². The number of nitrogens with zero attached hydrogens (tertiary/aromatic N) is 2. The van der Waals surface area contributed by atoms with Gasteiger partial charge in [0, 0.05) is 25.0 Å². The molecular formula is C17H17N3O2. The molecule has 2 heterocycles. The fourth-order valence-electron chi connectivity index (χ4n) is 2.20. The molecule has 0 saturated carbocycles. The van der Waals surface area contributed by atoms with Gasteiger partial charge in [0.1, 0.15) is 5.75 Å². The fraction of sp³-hybridized carbons (Fsp3) is 0.176. The molecule has 1 aromatic carbocycles. The molecule has 0 unspecified atom stereocenters. The summed E-state index contributed by atoms with van der Waals surface area (Å²) in [6.07, 6.45) is 6.52. The number of anilines is 1. The van der Waals surface area contributed by atoms with E-state index in [0.717, 1.165) is 17.1 Å². The van der Waals surface area contributed by atoms with E-state index in [2.05, 4.69) is 10.3 Å². The van der Waals surface area contributed by atoms with Crippen molar-refractivity contribution in [3.05, 3.63) is 61.1 Å². The van der Waals surface area contributed by atoms with Gasteiger partial charge in [0.15, 0.2) is 5.65 Å². The molecule has 5 nitrogen and oxygen atoms in total. The van der Waals surface area contributed by atoms with Crippen LogP contribution in [0.2, 0.25) is 0 Å². The van der Waals surface area contributed by atoms with E-state index in [0.29, 0.717) is 19.4 Å². The van der Waals surface area contributed by atoms with Crippen molar-refractivity contribution in [1.82, 2.24) is 9.38 Å². The molecular weight excluding hydrogens is 278 g/mol. The number of carbonyl (C=O) groups is 1. The van der Waals surface area contributed by atoms with Gasteiger partial charge >= 0.3 is 0 Å². The summed E-state index contributed by atoms with van der Waals surface area (Å²) in [4.78, 5) is 16.2. The van der Waals surface area contributed by atoms with Crippen molar-refractivity contribution < 1.29 is 9.53 Å². The number of rotatable bonds is 6. The van der Waals surface area contributed by atoms with Crippen LogP contribution in [0.15, 0.2) is 61.1 Å². The smallest absolute Gasteiger partial charge is 0.224 e. The normalized spacial score (nSPS) is 10.5. The van der Waals surface area contributed by atoms with Crippen LogP contribution in [0.4, 0.5) is 5.69 Å². The van der Waals surface area contributed by atoms with E-state index < -0.39 is 0 Å². The number of para-hydroxylation sites is 1. The third-order valence-electron chi connectivity index (χ3n) is 3.25. The minimum atomic E-state index is -0.0345. The summed E-state index contributed by atoms with van der Waals surface area (Å²) in [5.41, 5.74) is 1.47. The molecule has 0 bridgehead atoms. The van der Waals surface area contributed by atoms with Gasteiger partial charge in [0.05, 0.1) is 12.3 Å². The monoisotopic (exact) mass is 295 g/mol. The van der Waals surface area contributed by atoms with Crippen molar-refractivity contribution in [1.29, 1.82) is 0 Å². The summed E-state index contributed by atoms with van der Waals surface area (Å²) in [5.74, 6) is 0.790. The first kappa shape index (κ1) is 14.1. The molecule has 3 aromatic rings. The minimum absolute atomic E-state index is 0.0345. The SMILES string of the molecule is O=C(CCCOc1ccccc1)Nc1cccn2ccnc12. The van der Waals surface area contributed by atoms with E-state index in [1.54, 1.807) is 6.20 Å². The van der Waals surface area contributed by atoms with Crippen LogP contribution in [-0.4, -0.2) is 21.9 Å². The van der Waals surface area contributed by atoms with Crippen molar-refractivity contribution in [2.45, 2.75) is 12.8 Å². The van der Waals surface area contributed by atoms with Crippen LogP contribution in [0.25, 0.3) is 5.65 Å². The molecule has 0 aliphatic heterocycles. The van der Waals surface area contributed by atoms with Crippen LogP contribution in [0.3, 0.4) is 0 Å². The summed E-state index contributed by atoms with van der Waals surface area (Å²) < 4.78 is 7.44. The van der Waals surface area contributed by atoms with Gasteiger partial charge in [-0.15, -0.1) is 0 Å². The number of benzene rings is 1. The molecule has 0 aliphatic carbocycles. The highest BCUT2D eigenvalue weighted by Gasteiger charge is 2.06. The molecule has 0 aliphatic rings. The second-order valence-corrected chi connectivity index (χ2v) is 4.89. The molecule has 22 heavy (non-hydrogen) atoms. The maximum atomic E-state index is 12.0. The second-order valence-electron chi connectivity index (χ2n) is 4.89. The number of hydrogen-bond acceptors (Lipinski definition) is 3. The summed E-state index contributed by atoms with van der Waals surface area (Å²) >= 11 is 0. The lowest BCUT2D eigenvalue weighted by molar-refractivity contribution is -0.116. The fourth-order valence-corrected chi connectivity index (χ4v) is 2.20. The van der Waals surface area contributed by atoms with Crippen molar-refractivity contribution in [2.24, 2.45) is 0 Å². The Morgan fingerprint density at radius 3 is 2.86 bits per heavy atom. The zero-order chi connectivity index (χ0) is 15.2. The lowest BCUT2D eigenvalue weighted by atomic mass is 10.3. The van der Waals surface area contributed by atoms with Gasteiger partial charge < -0.3 is 14.5 Å². The Bertz CT molecular complexity index is 753. The molecule has 0 saturated heterocycles. The first-order chi connectivity index (χ1) is 10.8. The Kier molecular flexibility index (Phi) is 4.34. The topological polar surface area (TPSA) is 55.6 Å². The maximum absolute atomic E-state index is 12.0. The van der Waals surface area contributed by atoms with E-state index in [1.165, 1.54) is 0 Å². The summed E-state index contributed by atoms with van der Waals surface area (Å²) in [7, 11) is 0. The Morgan fingerprint density at radius 1 is 1.14 bits per heavy atom. The Balaban J connectivity index is 1.48. The number of amides is 1. The number of pyridine rings is 1. The van der Waals surface area contributed by atoms with Gasteiger partial charge in [-0.25, -0.2) is 4.98 Å². The number of carbonyl (C=O) groups excluding carboxylic acids is 1. The van der Waals surface area contributed by atoms with Gasteiger partial charge in [0.25, 0.3) is 0 Å². The van der Waals surface area contributed by atoms with Crippen molar-refractivity contribution in [2.75, 3.05) is 11.9 Å². The Hall–Kier alpha value is -2.82. The van der Waals surface area contributed by atoms with Crippen LogP contribution in [0.5, 0.6) is 5.75 Å². The third kappa shape index (κ3) is 3.44. The zero-order valence-corrected chi connectivity index (χ0v) is 12.1. The number of imidazole rings is 1. The zero-order valence-electron chi connectivity index (χ0n) is 12.1. The molecule has 5 heteroatoms. The van der Waals surface area contributed by atoms with Crippen LogP contribution in [0, 0.1) is 0 Å². The van der Waals surface area contributed by atoms with Crippen molar-refractivity contribution in [3.63, 3.8) is 0 Å². The summed E-state index contributed by atoms with van der Waals surface area (Å²) in [5, 5.41) is 2.89. The standard InChI is InChI=1S/C17H17N3O2/c21-16(9-5-13-22-14-6-2-1-3-7-14)19-15-8-4-11-20-12-10-18-17(15)20/h1-4,6-8,10-12H,5,9,13H2,(H,19,21). The third-order valence-corrected chi connectivity index (χ3v) is 3.25. The van der Waals surface area contributed by atoms with Crippen LogP contribution in [0.1, 0.15) is 12.8 Å². The largest absolute Gasteiger partial charge is 0.494 e. The number of fused-ring (bicyclic) bond motifs is 1. The number of hydrogen-bond donors (Lipinski definition) is 1. The first-order valence-corrected chi connectivity index (χ1v) is 7.22. The lowest BCUT2D eigenvalue weighted by Gasteiger charge is -2.07. The molecule has 3 rings (SSSR count). The Morgan fingerprint density at radius 2 is 2.00 bits per heavy atom. The van der Waals surface area contributed by atoms with Crippen molar-refractivity contribution >= 4 is 17.2 Å². The molecule has 1 amide bonds.